The van der Waals surface area contributed by atoms with Crippen LogP contribution in [0.15, 0.2) is 48.5 Å². The van der Waals surface area contributed by atoms with Crippen molar-refractivity contribution >= 4 is 22.8 Å². The Labute approximate surface area is 162 Å². The molecule has 3 aromatic rings. The van der Waals surface area contributed by atoms with Crippen molar-refractivity contribution in [1.82, 2.24) is 10.3 Å². The average Bonchev–Trinajstić information content (AvgIpc) is 2.66. The van der Waals surface area contributed by atoms with Crippen molar-refractivity contribution in [2.75, 3.05) is 0 Å². The lowest BCUT2D eigenvalue weighted by Crippen LogP contribution is -2.35. The first kappa shape index (κ1) is 19.5. The van der Waals surface area contributed by atoms with Crippen molar-refractivity contribution in [2.45, 2.75) is 33.4 Å². The van der Waals surface area contributed by atoms with Gasteiger partial charge in [0.15, 0.2) is 6.10 Å². The van der Waals surface area contributed by atoms with Gasteiger partial charge in [-0.1, -0.05) is 23.8 Å². The predicted molar refractivity (Wildman–Crippen MR) is 104 cm³/mol. The molecule has 0 saturated heterocycles. The molecular weight excluding hydrogens is 359 g/mol. The van der Waals surface area contributed by atoms with E-state index < -0.39 is 18.0 Å². The number of benzene rings is 2. The molecule has 3 rings (SSSR count). The maximum atomic E-state index is 12.9. The monoisotopic (exact) mass is 380 g/mol. The highest BCUT2D eigenvalue weighted by Crippen LogP contribution is 2.21. The van der Waals surface area contributed by atoms with E-state index >= 15 is 0 Å². The number of esters is 1. The third kappa shape index (κ3) is 4.52. The third-order valence-electron chi connectivity index (χ3n) is 4.35. The van der Waals surface area contributed by atoms with E-state index in [9.17, 15) is 14.0 Å². The number of fused-ring (bicyclic) bond motifs is 1. The van der Waals surface area contributed by atoms with E-state index in [2.05, 4.69) is 10.3 Å². The maximum Gasteiger partial charge on any atom is 0.339 e. The SMILES string of the molecule is Cc1ccc2nc(C)cc(C(=O)OC(C)C(=O)NCc3ccc(F)cc3)c2c1. The van der Waals surface area contributed by atoms with Crippen LogP contribution < -0.4 is 5.32 Å². The highest BCUT2D eigenvalue weighted by molar-refractivity contribution is 6.04. The van der Waals surface area contributed by atoms with Gasteiger partial charge in [-0.2, -0.15) is 0 Å². The van der Waals surface area contributed by atoms with E-state index in [-0.39, 0.29) is 12.4 Å². The zero-order valence-electron chi connectivity index (χ0n) is 16.0. The van der Waals surface area contributed by atoms with E-state index in [1.807, 2.05) is 25.1 Å². The first-order valence-electron chi connectivity index (χ1n) is 8.94. The Bertz CT molecular complexity index is 1030. The molecule has 28 heavy (non-hydrogen) atoms. The quantitative estimate of drug-likeness (QED) is 0.683. The second-order valence-electron chi connectivity index (χ2n) is 6.72. The van der Waals surface area contributed by atoms with Gasteiger partial charge in [-0.05, 0) is 56.7 Å². The molecule has 0 spiro atoms. The van der Waals surface area contributed by atoms with Gasteiger partial charge < -0.3 is 10.1 Å². The molecule has 1 aromatic heterocycles. The molecule has 0 bridgehead atoms. The molecule has 0 saturated carbocycles. The Hall–Kier alpha value is -3.28. The Balaban J connectivity index is 1.70. The number of halogens is 1. The molecule has 1 unspecified atom stereocenters. The topological polar surface area (TPSA) is 68.3 Å². The van der Waals surface area contributed by atoms with Gasteiger partial charge in [0.2, 0.25) is 0 Å². The Kier molecular flexibility index (Phi) is 5.68. The number of ether oxygens (including phenoxy) is 1. The molecule has 0 radical (unpaired) electrons. The number of carbonyl (C=O) groups excluding carboxylic acids is 2. The van der Waals surface area contributed by atoms with Crippen LogP contribution >= 0.6 is 0 Å². The lowest BCUT2D eigenvalue weighted by atomic mass is 10.1. The number of rotatable bonds is 5. The molecule has 1 atom stereocenters. The number of aromatic nitrogens is 1. The van der Waals surface area contributed by atoms with Gasteiger partial charge in [-0.3, -0.25) is 9.78 Å². The molecule has 6 heteroatoms. The van der Waals surface area contributed by atoms with Gasteiger partial charge in [0, 0.05) is 17.6 Å². The molecule has 0 aliphatic rings. The standard InChI is InChI=1S/C22H21FN2O3/c1-13-4-9-20-18(10-13)19(11-14(2)25-20)22(27)28-15(3)21(26)24-12-16-5-7-17(23)8-6-16/h4-11,15H,12H2,1-3H3,(H,24,26). The van der Waals surface area contributed by atoms with Crippen LogP contribution in [-0.2, 0) is 16.1 Å². The van der Waals surface area contributed by atoms with E-state index in [0.717, 1.165) is 11.1 Å². The second-order valence-corrected chi connectivity index (χ2v) is 6.72. The normalized spacial score (nSPS) is 11.9. The summed E-state index contributed by atoms with van der Waals surface area (Å²) in [5, 5.41) is 3.37. The van der Waals surface area contributed by atoms with E-state index in [0.29, 0.717) is 22.2 Å². The molecule has 0 aliphatic heterocycles. The van der Waals surface area contributed by atoms with Crippen molar-refractivity contribution in [3.63, 3.8) is 0 Å². The number of pyridine rings is 1. The highest BCUT2D eigenvalue weighted by Gasteiger charge is 2.21. The summed E-state index contributed by atoms with van der Waals surface area (Å²) in [6.07, 6.45) is -0.971. The fraction of sp³-hybridized carbons (Fsp3) is 0.227. The number of aryl methyl sites for hydroxylation is 2. The van der Waals surface area contributed by atoms with Crippen LogP contribution in [-0.4, -0.2) is 23.0 Å². The molecule has 1 amide bonds. The van der Waals surface area contributed by atoms with E-state index in [1.165, 1.54) is 19.1 Å². The van der Waals surface area contributed by atoms with Gasteiger partial charge in [-0.15, -0.1) is 0 Å². The summed E-state index contributed by atoms with van der Waals surface area (Å²) in [7, 11) is 0. The van der Waals surface area contributed by atoms with Crippen LogP contribution in [0.4, 0.5) is 4.39 Å². The summed E-state index contributed by atoms with van der Waals surface area (Å²) in [6.45, 7) is 5.46. The van der Waals surface area contributed by atoms with Crippen LogP contribution in [0.25, 0.3) is 10.9 Å². The van der Waals surface area contributed by atoms with Gasteiger partial charge in [0.05, 0.1) is 11.1 Å². The third-order valence-corrected chi connectivity index (χ3v) is 4.35. The number of nitrogens with zero attached hydrogens (tertiary/aromatic N) is 1. The van der Waals surface area contributed by atoms with Gasteiger partial charge in [0.25, 0.3) is 5.91 Å². The minimum atomic E-state index is -0.971. The zero-order valence-corrected chi connectivity index (χ0v) is 16.0. The Morgan fingerprint density at radius 3 is 2.54 bits per heavy atom. The predicted octanol–water partition coefficient (Wildman–Crippen LogP) is 3.85. The molecule has 5 nitrogen and oxygen atoms in total. The van der Waals surface area contributed by atoms with Crippen LogP contribution in [0, 0.1) is 19.7 Å². The smallest absolute Gasteiger partial charge is 0.339 e. The summed E-state index contributed by atoms with van der Waals surface area (Å²) in [4.78, 5) is 29.4. The molecule has 1 N–H and O–H groups in total. The van der Waals surface area contributed by atoms with Crippen LogP contribution in [0.3, 0.4) is 0 Å². The number of amides is 1. The molecule has 1 heterocycles. The zero-order chi connectivity index (χ0) is 20.3. The van der Waals surface area contributed by atoms with Crippen molar-refractivity contribution < 1.29 is 18.7 Å². The van der Waals surface area contributed by atoms with Gasteiger partial charge in [0.1, 0.15) is 5.82 Å². The maximum absolute atomic E-state index is 12.9. The Morgan fingerprint density at radius 2 is 1.82 bits per heavy atom. The summed E-state index contributed by atoms with van der Waals surface area (Å²) in [5.41, 5.74) is 3.52. The summed E-state index contributed by atoms with van der Waals surface area (Å²) in [6, 6.07) is 13.1. The molecule has 2 aromatic carbocycles. The number of nitrogens with one attached hydrogen (secondary N) is 1. The fourth-order valence-electron chi connectivity index (χ4n) is 2.85. The number of hydrogen-bond acceptors (Lipinski definition) is 4. The first-order chi connectivity index (χ1) is 13.3. The number of hydrogen-bond donors (Lipinski definition) is 1. The van der Waals surface area contributed by atoms with Crippen LogP contribution in [0.1, 0.15) is 34.1 Å². The molecule has 0 aliphatic carbocycles. The minimum absolute atomic E-state index is 0.220. The van der Waals surface area contributed by atoms with Gasteiger partial charge >= 0.3 is 5.97 Å². The van der Waals surface area contributed by atoms with Crippen molar-refractivity contribution in [3.8, 4) is 0 Å². The largest absolute Gasteiger partial charge is 0.449 e. The number of carbonyl (C=O) groups is 2. The van der Waals surface area contributed by atoms with Crippen LogP contribution in [0.2, 0.25) is 0 Å². The molecule has 144 valence electrons. The van der Waals surface area contributed by atoms with Crippen molar-refractivity contribution in [2.24, 2.45) is 0 Å². The van der Waals surface area contributed by atoms with E-state index in [4.69, 9.17) is 4.74 Å². The second kappa shape index (κ2) is 8.17. The van der Waals surface area contributed by atoms with Crippen molar-refractivity contribution in [1.29, 1.82) is 0 Å². The fourth-order valence-corrected chi connectivity index (χ4v) is 2.85. The molecule has 0 fully saturated rings. The first-order valence-corrected chi connectivity index (χ1v) is 8.94. The summed E-state index contributed by atoms with van der Waals surface area (Å²) in [5.74, 6) is -1.35. The van der Waals surface area contributed by atoms with Crippen molar-refractivity contribution in [3.05, 3.63) is 76.7 Å². The average molecular weight is 380 g/mol. The lowest BCUT2D eigenvalue weighted by molar-refractivity contribution is -0.129. The molecular formula is C22H21FN2O3. The van der Waals surface area contributed by atoms with Gasteiger partial charge in [-0.25, -0.2) is 9.18 Å². The lowest BCUT2D eigenvalue weighted by Gasteiger charge is -2.15. The summed E-state index contributed by atoms with van der Waals surface area (Å²) >= 11 is 0. The van der Waals surface area contributed by atoms with Crippen LogP contribution in [0.5, 0.6) is 0 Å². The van der Waals surface area contributed by atoms with E-state index in [1.54, 1.807) is 25.1 Å². The highest BCUT2D eigenvalue weighted by atomic mass is 19.1. The minimum Gasteiger partial charge on any atom is -0.449 e. The summed E-state index contributed by atoms with van der Waals surface area (Å²) < 4.78 is 18.3. The Morgan fingerprint density at radius 1 is 1.11 bits per heavy atom.